The van der Waals surface area contributed by atoms with Crippen LogP contribution in [0.3, 0.4) is 0 Å². The summed E-state index contributed by atoms with van der Waals surface area (Å²) in [5, 5.41) is 15.4. The SMILES string of the molecule is CCc1ccc(C(C(=O)NC(C)C)N(CCO)C(=O)C(CC(C)C)NC(=O)OC(C)(C)C)cc1. The summed E-state index contributed by atoms with van der Waals surface area (Å²) in [6.07, 6.45) is 0.498. The number of alkyl carbamates (subject to hydrolysis) is 1. The predicted molar refractivity (Wildman–Crippen MR) is 133 cm³/mol. The van der Waals surface area contributed by atoms with Gasteiger partial charge in [0.05, 0.1) is 6.61 Å². The Bertz CT molecular complexity index is 800. The van der Waals surface area contributed by atoms with Crippen molar-refractivity contribution >= 4 is 17.9 Å². The molecular weight excluding hydrogens is 434 g/mol. The van der Waals surface area contributed by atoms with Crippen LogP contribution in [0, 0.1) is 5.92 Å². The zero-order valence-corrected chi connectivity index (χ0v) is 22.0. The number of carbonyl (C=O) groups excluding carboxylic acids is 3. The van der Waals surface area contributed by atoms with Gasteiger partial charge in [-0.3, -0.25) is 9.59 Å². The number of aliphatic hydroxyl groups is 1. The molecule has 2 atom stereocenters. The van der Waals surface area contributed by atoms with Gasteiger partial charge in [0, 0.05) is 12.6 Å². The molecule has 0 aliphatic carbocycles. The average molecular weight is 478 g/mol. The lowest BCUT2D eigenvalue weighted by Crippen LogP contribution is -2.54. The van der Waals surface area contributed by atoms with Gasteiger partial charge in [-0.15, -0.1) is 0 Å². The first-order valence-corrected chi connectivity index (χ1v) is 12.1. The highest BCUT2D eigenvalue weighted by Gasteiger charge is 2.36. The largest absolute Gasteiger partial charge is 0.444 e. The van der Waals surface area contributed by atoms with Crippen LogP contribution in [0.15, 0.2) is 24.3 Å². The van der Waals surface area contributed by atoms with E-state index in [4.69, 9.17) is 4.74 Å². The monoisotopic (exact) mass is 477 g/mol. The maximum atomic E-state index is 13.8. The molecule has 2 unspecified atom stereocenters. The number of nitrogens with one attached hydrogen (secondary N) is 2. The highest BCUT2D eigenvalue weighted by Crippen LogP contribution is 2.24. The zero-order valence-electron chi connectivity index (χ0n) is 22.0. The topological polar surface area (TPSA) is 108 Å². The number of aliphatic hydroxyl groups excluding tert-OH is 1. The Hall–Kier alpha value is -2.61. The summed E-state index contributed by atoms with van der Waals surface area (Å²) < 4.78 is 5.36. The molecule has 0 bridgehead atoms. The van der Waals surface area contributed by atoms with Crippen LogP contribution >= 0.6 is 0 Å². The second-order valence-corrected chi connectivity index (χ2v) is 10.2. The van der Waals surface area contributed by atoms with Gasteiger partial charge in [0.2, 0.25) is 11.8 Å². The van der Waals surface area contributed by atoms with Crippen LogP contribution in [0.2, 0.25) is 0 Å². The third kappa shape index (κ3) is 9.71. The van der Waals surface area contributed by atoms with Gasteiger partial charge in [-0.1, -0.05) is 45.0 Å². The van der Waals surface area contributed by atoms with Gasteiger partial charge in [-0.05, 0) is 64.5 Å². The number of nitrogens with zero attached hydrogens (tertiary/aromatic N) is 1. The fourth-order valence-electron chi connectivity index (χ4n) is 3.59. The minimum atomic E-state index is -0.956. The molecule has 1 aromatic rings. The molecule has 3 N–H and O–H groups in total. The molecule has 0 radical (unpaired) electrons. The molecule has 0 heterocycles. The van der Waals surface area contributed by atoms with E-state index in [0.717, 1.165) is 12.0 Å². The van der Waals surface area contributed by atoms with Gasteiger partial charge in [-0.25, -0.2) is 4.79 Å². The summed E-state index contributed by atoms with van der Waals surface area (Å²) in [7, 11) is 0. The number of rotatable bonds is 11. The van der Waals surface area contributed by atoms with E-state index in [1.165, 1.54) is 4.90 Å². The molecule has 0 aliphatic heterocycles. The first-order valence-electron chi connectivity index (χ1n) is 12.1. The summed E-state index contributed by atoms with van der Waals surface area (Å²) in [5.41, 5.74) is 1.02. The molecule has 0 aromatic heterocycles. The Morgan fingerprint density at radius 3 is 2.06 bits per heavy atom. The first kappa shape index (κ1) is 29.4. The van der Waals surface area contributed by atoms with Crippen LogP contribution in [0.4, 0.5) is 4.79 Å². The average Bonchev–Trinajstić information content (AvgIpc) is 2.70. The standard InChI is InChI=1S/C26H43N3O5/c1-9-19-10-12-20(13-11-19)22(23(31)27-18(4)5)29(14-15-30)24(32)21(16-17(2)3)28-25(33)34-26(6,7)8/h10-13,17-18,21-22,30H,9,14-16H2,1-8H3,(H,27,31)(H,28,33). The van der Waals surface area contributed by atoms with Crippen molar-refractivity contribution in [1.82, 2.24) is 15.5 Å². The number of carbonyl (C=O) groups is 3. The summed E-state index contributed by atoms with van der Waals surface area (Å²) >= 11 is 0. The molecule has 1 aromatic carbocycles. The molecule has 34 heavy (non-hydrogen) atoms. The normalized spacial score (nSPS) is 13.4. The highest BCUT2D eigenvalue weighted by molar-refractivity contribution is 5.92. The van der Waals surface area contributed by atoms with Gasteiger partial charge >= 0.3 is 6.09 Å². The third-order valence-corrected chi connectivity index (χ3v) is 5.01. The van der Waals surface area contributed by atoms with E-state index in [0.29, 0.717) is 12.0 Å². The van der Waals surface area contributed by atoms with Crippen LogP contribution in [0.1, 0.15) is 79.0 Å². The number of amides is 3. The molecule has 0 saturated carbocycles. The highest BCUT2D eigenvalue weighted by atomic mass is 16.6. The van der Waals surface area contributed by atoms with Crippen molar-refractivity contribution in [1.29, 1.82) is 0 Å². The number of hydrogen-bond donors (Lipinski definition) is 3. The van der Waals surface area contributed by atoms with Gasteiger partial charge in [0.15, 0.2) is 0 Å². The van der Waals surface area contributed by atoms with Crippen molar-refractivity contribution in [3.8, 4) is 0 Å². The second kappa shape index (κ2) is 13.3. The summed E-state index contributed by atoms with van der Waals surface area (Å²) in [6.45, 7) is 14.5. The zero-order chi connectivity index (χ0) is 26.1. The molecule has 3 amide bonds. The van der Waals surface area contributed by atoms with E-state index in [1.807, 2.05) is 58.9 Å². The van der Waals surface area contributed by atoms with E-state index >= 15 is 0 Å². The summed E-state index contributed by atoms with van der Waals surface area (Å²) in [6, 6.07) is 5.52. The van der Waals surface area contributed by atoms with Crippen LogP contribution in [0.25, 0.3) is 0 Å². The lowest BCUT2D eigenvalue weighted by molar-refractivity contribution is -0.143. The Balaban J connectivity index is 3.41. The number of aryl methyl sites for hydroxylation is 1. The predicted octanol–water partition coefficient (Wildman–Crippen LogP) is 3.58. The number of hydrogen-bond acceptors (Lipinski definition) is 5. The lowest BCUT2D eigenvalue weighted by atomic mass is 9.98. The molecule has 0 aliphatic rings. The fraction of sp³-hybridized carbons (Fsp3) is 0.654. The third-order valence-electron chi connectivity index (χ3n) is 5.01. The van der Waals surface area contributed by atoms with Crippen molar-refractivity contribution in [3.63, 3.8) is 0 Å². The number of benzene rings is 1. The van der Waals surface area contributed by atoms with Gasteiger partial charge in [0.1, 0.15) is 17.7 Å². The molecule has 8 heteroatoms. The van der Waals surface area contributed by atoms with E-state index in [1.54, 1.807) is 20.8 Å². The summed E-state index contributed by atoms with van der Waals surface area (Å²) in [4.78, 5) is 40.9. The van der Waals surface area contributed by atoms with Crippen LogP contribution in [0.5, 0.6) is 0 Å². The molecular formula is C26H43N3O5. The Kier molecular flexibility index (Phi) is 11.5. The first-order chi connectivity index (χ1) is 15.8. The van der Waals surface area contributed by atoms with Gasteiger partial charge in [0.25, 0.3) is 0 Å². The molecule has 192 valence electrons. The van der Waals surface area contributed by atoms with Crippen molar-refractivity contribution < 1.29 is 24.2 Å². The Morgan fingerprint density at radius 2 is 1.62 bits per heavy atom. The van der Waals surface area contributed by atoms with E-state index < -0.39 is 29.7 Å². The van der Waals surface area contributed by atoms with Crippen molar-refractivity contribution in [2.45, 2.75) is 92.0 Å². The maximum absolute atomic E-state index is 13.8. The molecule has 0 spiro atoms. The Labute approximate surface area is 204 Å². The van der Waals surface area contributed by atoms with E-state index in [-0.39, 0.29) is 31.0 Å². The minimum Gasteiger partial charge on any atom is -0.444 e. The summed E-state index contributed by atoms with van der Waals surface area (Å²) in [5.74, 6) is -0.703. The number of ether oxygens (including phenoxy) is 1. The Morgan fingerprint density at radius 1 is 1.03 bits per heavy atom. The second-order valence-electron chi connectivity index (χ2n) is 10.2. The lowest BCUT2D eigenvalue weighted by Gasteiger charge is -2.35. The van der Waals surface area contributed by atoms with E-state index in [9.17, 15) is 19.5 Å². The van der Waals surface area contributed by atoms with Gasteiger partial charge < -0.3 is 25.4 Å². The van der Waals surface area contributed by atoms with E-state index in [2.05, 4.69) is 10.6 Å². The van der Waals surface area contributed by atoms with Crippen molar-refractivity contribution in [3.05, 3.63) is 35.4 Å². The van der Waals surface area contributed by atoms with Crippen LogP contribution in [-0.4, -0.2) is 58.8 Å². The fourth-order valence-corrected chi connectivity index (χ4v) is 3.59. The molecule has 8 nitrogen and oxygen atoms in total. The minimum absolute atomic E-state index is 0.0604. The molecule has 1 rings (SSSR count). The van der Waals surface area contributed by atoms with Crippen molar-refractivity contribution in [2.75, 3.05) is 13.2 Å². The quantitative estimate of drug-likeness (QED) is 0.452. The maximum Gasteiger partial charge on any atom is 0.408 e. The van der Waals surface area contributed by atoms with Crippen molar-refractivity contribution in [2.24, 2.45) is 5.92 Å². The van der Waals surface area contributed by atoms with Gasteiger partial charge in [-0.2, -0.15) is 0 Å². The smallest absolute Gasteiger partial charge is 0.408 e. The van der Waals surface area contributed by atoms with Crippen LogP contribution in [-0.2, 0) is 20.7 Å². The van der Waals surface area contributed by atoms with Crippen LogP contribution < -0.4 is 10.6 Å². The molecule has 0 saturated heterocycles. The molecule has 0 fully saturated rings.